The van der Waals surface area contributed by atoms with E-state index in [4.69, 9.17) is 0 Å². The summed E-state index contributed by atoms with van der Waals surface area (Å²) in [5.74, 6) is -0.600. The third kappa shape index (κ3) is 3.77. The molecule has 2 aromatic carbocycles. The summed E-state index contributed by atoms with van der Waals surface area (Å²) in [5, 5.41) is 3.95. The van der Waals surface area contributed by atoms with Crippen molar-refractivity contribution in [2.75, 3.05) is 13.1 Å². The number of nitrogens with one attached hydrogen (secondary N) is 2. The van der Waals surface area contributed by atoms with Gasteiger partial charge in [-0.1, -0.05) is 48.5 Å². The highest BCUT2D eigenvalue weighted by molar-refractivity contribution is 5.99. The van der Waals surface area contributed by atoms with Gasteiger partial charge in [0.1, 0.15) is 19.1 Å². The molecule has 33 heavy (non-hydrogen) atoms. The molecule has 3 amide bonds. The molecule has 3 heterocycles. The number of aromatic nitrogens is 1. The Kier molecular flexibility index (Phi) is 5.00. The van der Waals surface area contributed by atoms with E-state index in [-0.39, 0.29) is 36.9 Å². The van der Waals surface area contributed by atoms with Crippen LogP contribution in [0.4, 0.5) is 0 Å². The van der Waals surface area contributed by atoms with E-state index in [0.717, 1.165) is 27.7 Å². The summed E-state index contributed by atoms with van der Waals surface area (Å²) in [4.78, 5) is 46.2. The lowest BCUT2D eigenvalue weighted by atomic mass is 9.86. The largest absolute Gasteiger partial charge is 0.356 e. The first kappa shape index (κ1) is 21.2. The van der Waals surface area contributed by atoms with Crippen LogP contribution < -0.4 is 5.32 Å². The minimum atomic E-state index is -0.648. The van der Waals surface area contributed by atoms with Crippen molar-refractivity contribution in [3.63, 3.8) is 0 Å². The highest BCUT2D eigenvalue weighted by Crippen LogP contribution is 2.42. The number of aromatic amines is 1. The van der Waals surface area contributed by atoms with Crippen LogP contribution in [0.3, 0.4) is 0 Å². The van der Waals surface area contributed by atoms with Gasteiger partial charge in [-0.3, -0.25) is 14.4 Å². The SMILES string of the molecule is CC(C)(C)NC(=O)CN1CC(=O)N2[C@H](c3ccccc3)c3[nH]c4ccccc4c3C[C@H]2C1=O. The van der Waals surface area contributed by atoms with E-state index < -0.39 is 11.6 Å². The molecule has 5 rings (SSSR count). The maximum absolute atomic E-state index is 13.6. The quantitative estimate of drug-likeness (QED) is 0.652. The molecule has 2 aliphatic rings. The van der Waals surface area contributed by atoms with Crippen LogP contribution in [0.2, 0.25) is 0 Å². The summed E-state index contributed by atoms with van der Waals surface area (Å²) in [6, 6.07) is 16.8. The van der Waals surface area contributed by atoms with Crippen LogP contribution in [-0.4, -0.2) is 57.2 Å². The standard InChI is InChI=1S/C26H28N4O3/c1-26(2,3)28-21(31)14-29-15-22(32)30-20(25(29)33)13-18-17-11-7-8-12-19(17)27-23(18)24(30)16-9-5-4-6-10-16/h4-12,20,24,27H,13-15H2,1-3H3,(H,28,31)/t20-,24+/m0/s1. The maximum atomic E-state index is 13.6. The Hall–Kier alpha value is -3.61. The first-order valence-corrected chi connectivity index (χ1v) is 11.3. The molecule has 0 aliphatic carbocycles. The minimum Gasteiger partial charge on any atom is -0.356 e. The molecular weight excluding hydrogens is 416 g/mol. The third-order valence-electron chi connectivity index (χ3n) is 6.31. The van der Waals surface area contributed by atoms with E-state index in [0.29, 0.717) is 6.42 Å². The van der Waals surface area contributed by atoms with Crippen molar-refractivity contribution in [3.05, 3.63) is 71.4 Å². The second-order valence-corrected chi connectivity index (χ2v) is 9.89. The molecule has 1 fully saturated rings. The second-order valence-electron chi connectivity index (χ2n) is 9.89. The van der Waals surface area contributed by atoms with E-state index >= 15 is 0 Å². The molecule has 7 nitrogen and oxygen atoms in total. The van der Waals surface area contributed by atoms with Gasteiger partial charge < -0.3 is 20.1 Å². The monoisotopic (exact) mass is 444 g/mol. The average molecular weight is 445 g/mol. The number of hydrogen-bond donors (Lipinski definition) is 2. The number of hydrogen-bond acceptors (Lipinski definition) is 3. The highest BCUT2D eigenvalue weighted by Gasteiger charge is 2.48. The number of carbonyl (C=O) groups is 3. The van der Waals surface area contributed by atoms with Gasteiger partial charge in [-0.15, -0.1) is 0 Å². The number of fused-ring (bicyclic) bond motifs is 4. The number of para-hydroxylation sites is 1. The molecule has 3 aromatic rings. The van der Waals surface area contributed by atoms with Gasteiger partial charge in [0.15, 0.2) is 0 Å². The molecule has 0 spiro atoms. The molecule has 0 bridgehead atoms. The first-order chi connectivity index (χ1) is 15.7. The fraction of sp³-hybridized carbons (Fsp3) is 0.346. The lowest BCUT2D eigenvalue weighted by Gasteiger charge is -2.47. The van der Waals surface area contributed by atoms with E-state index in [1.165, 1.54) is 4.90 Å². The van der Waals surface area contributed by atoms with Gasteiger partial charge in [0.2, 0.25) is 17.7 Å². The summed E-state index contributed by atoms with van der Waals surface area (Å²) in [7, 11) is 0. The van der Waals surface area contributed by atoms with E-state index in [2.05, 4.69) is 10.3 Å². The van der Waals surface area contributed by atoms with Gasteiger partial charge in [0.05, 0.1) is 6.04 Å². The van der Waals surface area contributed by atoms with Crippen LogP contribution in [0.1, 0.15) is 43.6 Å². The summed E-state index contributed by atoms with van der Waals surface area (Å²) >= 11 is 0. The van der Waals surface area contributed by atoms with Crippen molar-refractivity contribution in [1.29, 1.82) is 0 Å². The lowest BCUT2D eigenvalue weighted by molar-refractivity contribution is -0.159. The molecule has 2 atom stereocenters. The smallest absolute Gasteiger partial charge is 0.246 e. The fourth-order valence-electron chi connectivity index (χ4n) is 5.07. The normalized spacial score (nSPS) is 20.6. The molecule has 1 aromatic heterocycles. The van der Waals surface area contributed by atoms with E-state index in [9.17, 15) is 14.4 Å². The topological polar surface area (TPSA) is 85.5 Å². The Balaban J connectivity index is 1.55. The van der Waals surface area contributed by atoms with Gasteiger partial charge in [-0.05, 0) is 38.0 Å². The number of benzene rings is 2. The molecule has 1 saturated heterocycles. The van der Waals surface area contributed by atoms with Crippen LogP contribution in [0, 0.1) is 0 Å². The van der Waals surface area contributed by atoms with Gasteiger partial charge in [-0.25, -0.2) is 0 Å². The van der Waals surface area contributed by atoms with Crippen LogP contribution in [-0.2, 0) is 20.8 Å². The van der Waals surface area contributed by atoms with Crippen molar-refractivity contribution < 1.29 is 14.4 Å². The maximum Gasteiger partial charge on any atom is 0.246 e. The predicted molar refractivity (Wildman–Crippen MR) is 125 cm³/mol. The van der Waals surface area contributed by atoms with Crippen molar-refractivity contribution in [2.24, 2.45) is 0 Å². The number of nitrogens with zero attached hydrogens (tertiary/aromatic N) is 2. The first-order valence-electron chi connectivity index (χ1n) is 11.3. The molecule has 0 unspecified atom stereocenters. The lowest BCUT2D eigenvalue weighted by Crippen LogP contribution is -2.64. The summed E-state index contributed by atoms with van der Waals surface area (Å²) in [6.07, 6.45) is 0.421. The minimum absolute atomic E-state index is 0.105. The predicted octanol–water partition coefficient (Wildman–Crippen LogP) is 2.77. The van der Waals surface area contributed by atoms with E-state index in [1.807, 2.05) is 75.4 Å². The van der Waals surface area contributed by atoms with Crippen molar-refractivity contribution in [1.82, 2.24) is 20.1 Å². The molecule has 2 N–H and O–H groups in total. The Morgan fingerprint density at radius 1 is 1.06 bits per heavy atom. The Morgan fingerprint density at radius 2 is 1.76 bits per heavy atom. The van der Waals surface area contributed by atoms with Crippen LogP contribution in [0.5, 0.6) is 0 Å². The Morgan fingerprint density at radius 3 is 2.48 bits per heavy atom. The fourth-order valence-corrected chi connectivity index (χ4v) is 5.07. The molecule has 2 aliphatic heterocycles. The van der Waals surface area contributed by atoms with Crippen LogP contribution in [0.15, 0.2) is 54.6 Å². The number of carbonyl (C=O) groups excluding carboxylic acids is 3. The molecule has 0 radical (unpaired) electrons. The van der Waals surface area contributed by atoms with Crippen molar-refractivity contribution >= 4 is 28.6 Å². The van der Waals surface area contributed by atoms with Gasteiger partial charge >= 0.3 is 0 Å². The zero-order chi connectivity index (χ0) is 23.3. The number of piperazine rings is 1. The number of H-pyrrole nitrogens is 1. The molecule has 170 valence electrons. The molecule has 7 heteroatoms. The summed E-state index contributed by atoms with van der Waals surface area (Å²) < 4.78 is 0. The Bertz CT molecular complexity index is 1240. The molecule has 0 saturated carbocycles. The van der Waals surface area contributed by atoms with Crippen molar-refractivity contribution in [2.45, 2.75) is 44.8 Å². The van der Waals surface area contributed by atoms with Crippen molar-refractivity contribution in [3.8, 4) is 0 Å². The van der Waals surface area contributed by atoms with Crippen LogP contribution >= 0.6 is 0 Å². The summed E-state index contributed by atoms with van der Waals surface area (Å²) in [5.41, 5.74) is 3.55. The number of rotatable bonds is 3. The zero-order valence-corrected chi connectivity index (χ0v) is 19.1. The van der Waals surface area contributed by atoms with Crippen LogP contribution in [0.25, 0.3) is 10.9 Å². The second kappa shape index (κ2) is 7.76. The highest BCUT2D eigenvalue weighted by atomic mass is 16.2. The van der Waals surface area contributed by atoms with E-state index in [1.54, 1.807) is 4.90 Å². The third-order valence-corrected chi connectivity index (χ3v) is 6.31. The summed E-state index contributed by atoms with van der Waals surface area (Å²) in [6.45, 7) is 5.44. The average Bonchev–Trinajstić information content (AvgIpc) is 3.13. The number of amides is 3. The van der Waals surface area contributed by atoms with Gasteiger partial charge in [0.25, 0.3) is 0 Å². The molecular formula is C26H28N4O3. The zero-order valence-electron chi connectivity index (χ0n) is 19.1. The van der Waals surface area contributed by atoms with Gasteiger partial charge in [0, 0.05) is 28.6 Å². The Labute approximate surface area is 192 Å². The van der Waals surface area contributed by atoms with Gasteiger partial charge in [-0.2, -0.15) is 0 Å².